The molecule has 26 heavy (non-hydrogen) atoms. The molecule has 8 heteroatoms. The predicted molar refractivity (Wildman–Crippen MR) is 101 cm³/mol. The fourth-order valence-corrected chi connectivity index (χ4v) is 3.81. The Hall–Kier alpha value is -1.90. The number of morpholine rings is 1. The van der Waals surface area contributed by atoms with Crippen molar-refractivity contribution in [3.8, 4) is 0 Å². The number of nitrogens with one attached hydrogen (secondary N) is 1. The summed E-state index contributed by atoms with van der Waals surface area (Å²) in [5.74, 6) is 1.37. The number of carbonyl (C=O) groups excluding carboxylic acids is 1. The Labute approximate surface area is 158 Å². The summed E-state index contributed by atoms with van der Waals surface area (Å²) in [6.07, 6.45) is 0. The SMILES string of the molecule is CCN(C(=O)CSc1nnc(C[NH+]2CCOCC2)n1C)c1ccccc1. The van der Waals surface area contributed by atoms with E-state index in [0.717, 1.165) is 49.5 Å². The van der Waals surface area contributed by atoms with E-state index in [1.54, 1.807) is 4.90 Å². The molecule has 1 aromatic heterocycles. The smallest absolute Gasteiger partial charge is 0.237 e. The number of benzene rings is 1. The van der Waals surface area contributed by atoms with Crippen LogP contribution >= 0.6 is 11.8 Å². The number of rotatable bonds is 7. The molecule has 0 radical (unpaired) electrons. The average molecular weight is 377 g/mol. The van der Waals surface area contributed by atoms with Crippen LogP contribution in [0.1, 0.15) is 12.7 Å². The maximum atomic E-state index is 12.6. The zero-order valence-corrected chi connectivity index (χ0v) is 16.2. The monoisotopic (exact) mass is 376 g/mol. The lowest BCUT2D eigenvalue weighted by atomic mass is 10.3. The van der Waals surface area contributed by atoms with Gasteiger partial charge in [0.2, 0.25) is 5.91 Å². The van der Waals surface area contributed by atoms with Gasteiger partial charge in [0.25, 0.3) is 0 Å². The highest BCUT2D eigenvalue weighted by atomic mass is 32.2. The zero-order valence-electron chi connectivity index (χ0n) is 15.4. The summed E-state index contributed by atoms with van der Waals surface area (Å²) in [7, 11) is 1.97. The van der Waals surface area contributed by atoms with Crippen LogP contribution in [0.4, 0.5) is 5.69 Å². The second kappa shape index (κ2) is 9.16. The molecule has 0 unspecified atom stereocenters. The maximum absolute atomic E-state index is 12.6. The highest BCUT2D eigenvalue weighted by molar-refractivity contribution is 7.99. The Morgan fingerprint density at radius 2 is 2.00 bits per heavy atom. The van der Waals surface area contributed by atoms with Crippen molar-refractivity contribution in [2.24, 2.45) is 7.05 Å². The van der Waals surface area contributed by atoms with E-state index >= 15 is 0 Å². The van der Waals surface area contributed by atoms with Crippen LogP contribution < -0.4 is 9.80 Å². The van der Waals surface area contributed by atoms with Crippen molar-refractivity contribution in [2.45, 2.75) is 18.6 Å². The number of carbonyl (C=O) groups is 1. The van der Waals surface area contributed by atoms with Crippen LogP contribution in [0, 0.1) is 0 Å². The fraction of sp³-hybridized carbons (Fsp3) is 0.500. The van der Waals surface area contributed by atoms with E-state index < -0.39 is 0 Å². The molecular formula is C18H26N5O2S+. The molecule has 1 amide bonds. The first kappa shape index (κ1) is 18.9. The van der Waals surface area contributed by atoms with Crippen LogP contribution in [-0.4, -0.2) is 59.3 Å². The van der Waals surface area contributed by atoms with Gasteiger partial charge in [0.1, 0.15) is 19.6 Å². The van der Waals surface area contributed by atoms with Gasteiger partial charge in [-0.25, -0.2) is 0 Å². The second-order valence-electron chi connectivity index (χ2n) is 6.26. The van der Waals surface area contributed by atoms with E-state index in [2.05, 4.69) is 10.2 Å². The lowest BCUT2D eigenvalue weighted by molar-refractivity contribution is -0.922. The highest BCUT2D eigenvalue weighted by Crippen LogP contribution is 2.19. The molecule has 0 spiro atoms. The molecule has 140 valence electrons. The number of amides is 1. The number of hydrogen-bond acceptors (Lipinski definition) is 5. The summed E-state index contributed by atoms with van der Waals surface area (Å²) in [6.45, 7) is 7.07. The Kier molecular flexibility index (Phi) is 6.65. The summed E-state index contributed by atoms with van der Waals surface area (Å²) in [6, 6.07) is 9.76. The standard InChI is InChI=1S/C18H25N5O2S/c1-3-23(15-7-5-4-6-8-15)17(24)14-26-18-20-19-16(21(18)2)13-22-9-11-25-12-10-22/h4-8H,3,9-14H2,1-2H3/p+1. The molecule has 1 aliphatic heterocycles. The third-order valence-corrected chi connectivity index (χ3v) is 5.55. The van der Waals surface area contributed by atoms with E-state index in [1.165, 1.54) is 16.7 Å². The van der Waals surface area contributed by atoms with Crippen LogP contribution in [0.3, 0.4) is 0 Å². The molecule has 0 saturated carbocycles. The minimum Gasteiger partial charge on any atom is -0.370 e. The molecule has 0 aliphatic carbocycles. The molecule has 7 nitrogen and oxygen atoms in total. The molecule has 0 atom stereocenters. The van der Waals surface area contributed by atoms with E-state index in [4.69, 9.17) is 4.74 Å². The molecule has 1 N–H and O–H groups in total. The van der Waals surface area contributed by atoms with Crippen molar-refractivity contribution < 1.29 is 14.4 Å². The number of nitrogens with zero attached hydrogens (tertiary/aromatic N) is 4. The van der Waals surface area contributed by atoms with Crippen molar-refractivity contribution in [2.75, 3.05) is 43.5 Å². The zero-order chi connectivity index (χ0) is 18.4. The topological polar surface area (TPSA) is 64.7 Å². The number of anilines is 1. The van der Waals surface area contributed by atoms with Crippen LogP contribution in [0.25, 0.3) is 0 Å². The Bertz CT molecular complexity index is 716. The van der Waals surface area contributed by atoms with Crippen LogP contribution in [-0.2, 0) is 23.1 Å². The number of aromatic nitrogens is 3. The average Bonchev–Trinajstić information content (AvgIpc) is 3.02. The molecular weight excluding hydrogens is 350 g/mol. The van der Waals surface area contributed by atoms with Gasteiger partial charge in [-0.05, 0) is 19.1 Å². The van der Waals surface area contributed by atoms with E-state index in [1.807, 2.05) is 48.9 Å². The van der Waals surface area contributed by atoms with Gasteiger partial charge < -0.3 is 19.1 Å². The summed E-state index contributed by atoms with van der Waals surface area (Å²) in [5.41, 5.74) is 0.926. The van der Waals surface area contributed by atoms with Gasteiger partial charge in [-0.1, -0.05) is 30.0 Å². The lowest BCUT2D eigenvalue weighted by Crippen LogP contribution is -3.12. The number of thioether (sulfide) groups is 1. The van der Waals surface area contributed by atoms with Crippen molar-refractivity contribution in [3.63, 3.8) is 0 Å². The van der Waals surface area contributed by atoms with E-state index in [-0.39, 0.29) is 5.91 Å². The van der Waals surface area contributed by atoms with Crippen molar-refractivity contribution >= 4 is 23.4 Å². The first-order valence-corrected chi connectivity index (χ1v) is 9.95. The highest BCUT2D eigenvalue weighted by Gasteiger charge is 2.20. The van der Waals surface area contributed by atoms with Gasteiger partial charge in [-0.15, -0.1) is 10.2 Å². The van der Waals surface area contributed by atoms with Crippen LogP contribution in [0.15, 0.2) is 35.5 Å². The number of quaternary nitrogens is 1. The third kappa shape index (κ3) is 4.63. The lowest BCUT2D eigenvalue weighted by Gasteiger charge is -2.23. The van der Waals surface area contributed by atoms with Crippen LogP contribution in [0.2, 0.25) is 0 Å². The normalized spacial score (nSPS) is 15.2. The largest absolute Gasteiger partial charge is 0.370 e. The molecule has 0 bridgehead atoms. The minimum atomic E-state index is 0.0760. The number of para-hydroxylation sites is 1. The van der Waals surface area contributed by atoms with Crippen LogP contribution in [0.5, 0.6) is 0 Å². The van der Waals surface area contributed by atoms with Gasteiger partial charge in [-0.3, -0.25) is 4.79 Å². The quantitative estimate of drug-likeness (QED) is 0.708. The Morgan fingerprint density at radius 3 is 2.69 bits per heavy atom. The van der Waals surface area contributed by atoms with Crippen molar-refractivity contribution in [1.29, 1.82) is 0 Å². The Morgan fingerprint density at radius 1 is 1.27 bits per heavy atom. The first-order valence-electron chi connectivity index (χ1n) is 8.96. The maximum Gasteiger partial charge on any atom is 0.237 e. The Balaban J connectivity index is 1.58. The molecule has 3 rings (SSSR count). The van der Waals surface area contributed by atoms with E-state index in [0.29, 0.717) is 12.3 Å². The predicted octanol–water partition coefficient (Wildman–Crippen LogP) is 0.375. The number of ether oxygens (including phenoxy) is 1. The summed E-state index contributed by atoms with van der Waals surface area (Å²) >= 11 is 1.44. The van der Waals surface area contributed by atoms with Gasteiger partial charge in [-0.2, -0.15) is 0 Å². The summed E-state index contributed by atoms with van der Waals surface area (Å²) < 4.78 is 7.40. The molecule has 2 aromatic rings. The van der Waals surface area contributed by atoms with Gasteiger partial charge in [0, 0.05) is 19.3 Å². The van der Waals surface area contributed by atoms with Crippen molar-refractivity contribution in [3.05, 3.63) is 36.2 Å². The molecule has 1 aromatic carbocycles. The summed E-state index contributed by atoms with van der Waals surface area (Å²) in [4.78, 5) is 15.9. The molecule has 1 fully saturated rings. The third-order valence-electron chi connectivity index (χ3n) is 4.54. The minimum absolute atomic E-state index is 0.0760. The molecule has 2 heterocycles. The van der Waals surface area contributed by atoms with Gasteiger partial charge in [0.05, 0.1) is 19.0 Å². The van der Waals surface area contributed by atoms with Gasteiger partial charge in [0.15, 0.2) is 11.0 Å². The van der Waals surface area contributed by atoms with Gasteiger partial charge >= 0.3 is 0 Å². The first-order chi connectivity index (χ1) is 12.7. The fourth-order valence-electron chi connectivity index (χ4n) is 3.00. The number of hydrogen-bond donors (Lipinski definition) is 1. The molecule has 1 aliphatic rings. The van der Waals surface area contributed by atoms with E-state index in [9.17, 15) is 4.79 Å². The molecule has 1 saturated heterocycles. The van der Waals surface area contributed by atoms with Crippen molar-refractivity contribution in [1.82, 2.24) is 14.8 Å². The summed E-state index contributed by atoms with van der Waals surface area (Å²) in [5, 5.41) is 9.37. The second-order valence-corrected chi connectivity index (χ2v) is 7.20.